The van der Waals surface area contributed by atoms with E-state index in [1.807, 2.05) is 31.1 Å². The van der Waals surface area contributed by atoms with Crippen molar-refractivity contribution in [2.45, 2.75) is 18.8 Å². The molecule has 0 bridgehead atoms. The minimum atomic E-state index is -4.43. The molecule has 28 heavy (non-hydrogen) atoms. The van der Waals surface area contributed by atoms with E-state index in [2.05, 4.69) is 10.6 Å². The molecule has 1 unspecified atom stereocenters. The number of hydrogen-bond donors (Lipinski definition) is 2. The number of fused-ring (bicyclic) bond motifs is 1. The number of hydrogen-bond acceptors (Lipinski definition) is 5. The molecule has 0 spiro atoms. The van der Waals surface area contributed by atoms with Crippen LogP contribution in [-0.2, 0) is 6.54 Å². The van der Waals surface area contributed by atoms with Gasteiger partial charge in [0.1, 0.15) is 11.6 Å². The number of carbonyl (C=O) groups excluding carboxylic acids is 1. The van der Waals surface area contributed by atoms with Gasteiger partial charge in [-0.25, -0.2) is 0 Å². The minimum absolute atomic E-state index is 0.0659. The van der Waals surface area contributed by atoms with Gasteiger partial charge in [-0.3, -0.25) is 9.69 Å². The molecule has 154 valence electrons. The Morgan fingerprint density at radius 3 is 2.61 bits per heavy atom. The van der Waals surface area contributed by atoms with Crippen LogP contribution in [0, 0.1) is 0 Å². The number of para-hydroxylation sites is 1. The number of amides is 1. The van der Waals surface area contributed by atoms with Gasteiger partial charge in [-0.15, -0.1) is 0 Å². The molecular weight excluding hydrogens is 373 g/mol. The molecule has 1 saturated heterocycles. The van der Waals surface area contributed by atoms with Gasteiger partial charge in [0.05, 0.1) is 0 Å². The first kappa shape index (κ1) is 20.6. The second-order valence-corrected chi connectivity index (χ2v) is 7.20. The van der Waals surface area contributed by atoms with Crippen LogP contribution in [-0.4, -0.2) is 74.7 Å². The van der Waals surface area contributed by atoms with Crippen LogP contribution in [0.2, 0.25) is 0 Å². The number of halogens is 3. The van der Waals surface area contributed by atoms with Crippen LogP contribution in [0.4, 0.5) is 13.2 Å². The molecule has 1 fully saturated rings. The van der Waals surface area contributed by atoms with Crippen molar-refractivity contribution in [1.82, 2.24) is 20.4 Å². The molecule has 3 rings (SSSR count). The standard InChI is InChI=1S/C19H25F3N4O2/c1-25(2)12-14-13-5-3-4-6-15(13)28-17(14)18(27)24-11-16(19(20,21)22)26-9-7-23-8-10-26/h3-6,16,23H,7-12H2,1-2H3,(H,24,27). The van der Waals surface area contributed by atoms with Gasteiger partial charge >= 0.3 is 6.18 Å². The average molecular weight is 398 g/mol. The van der Waals surface area contributed by atoms with E-state index >= 15 is 0 Å². The molecule has 0 aliphatic carbocycles. The smallest absolute Gasteiger partial charge is 0.405 e. The summed E-state index contributed by atoms with van der Waals surface area (Å²) in [5, 5.41) is 6.27. The van der Waals surface area contributed by atoms with Crippen LogP contribution in [0.25, 0.3) is 11.0 Å². The summed E-state index contributed by atoms with van der Waals surface area (Å²) >= 11 is 0. The van der Waals surface area contributed by atoms with Gasteiger partial charge in [-0.05, 0) is 20.2 Å². The summed E-state index contributed by atoms with van der Waals surface area (Å²) in [6, 6.07) is 5.48. The molecule has 2 N–H and O–H groups in total. The molecular formula is C19H25F3N4O2. The van der Waals surface area contributed by atoms with E-state index in [0.717, 1.165) is 5.39 Å². The highest BCUT2D eigenvalue weighted by Crippen LogP contribution is 2.28. The van der Waals surface area contributed by atoms with Crippen molar-refractivity contribution in [3.63, 3.8) is 0 Å². The topological polar surface area (TPSA) is 60.8 Å². The number of furan rings is 1. The maximum Gasteiger partial charge on any atom is 0.405 e. The van der Waals surface area contributed by atoms with Crippen molar-refractivity contribution in [3.05, 3.63) is 35.6 Å². The van der Waals surface area contributed by atoms with E-state index in [-0.39, 0.29) is 18.8 Å². The Balaban J connectivity index is 1.79. The zero-order valence-corrected chi connectivity index (χ0v) is 16.0. The van der Waals surface area contributed by atoms with E-state index in [9.17, 15) is 18.0 Å². The Kier molecular flexibility index (Phi) is 6.26. The van der Waals surface area contributed by atoms with Crippen molar-refractivity contribution < 1.29 is 22.4 Å². The second kappa shape index (κ2) is 8.50. The summed E-state index contributed by atoms with van der Waals surface area (Å²) < 4.78 is 46.3. The van der Waals surface area contributed by atoms with Gasteiger partial charge in [0.15, 0.2) is 5.76 Å². The number of benzene rings is 1. The fraction of sp³-hybridized carbons (Fsp3) is 0.526. The number of piperazine rings is 1. The molecule has 1 aliphatic rings. The largest absolute Gasteiger partial charge is 0.451 e. The van der Waals surface area contributed by atoms with Crippen molar-refractivity contribution in [2.75, 3.05) is 46.8 Å². The van der Waals surface area contributed by atoms with Crippen molar-refractivity contribution >= 4 is 16.9 Å². The highest BCUT2D eigenvalue weighted by Gasteiger charge is 2.44. The Morgan fingerprint density at radius 2 is 1.96 bits per heavy atom. The third-order valence-electron chi connectivity index (χ3n) is 4.81. The summed E-state index contributed by atoms with van der Waals surface area (Å²) in [6.07, 6.45) is -4.43. The zero-order chi connectivity index (χ0) is 20.3. The highest BCUT2D eigenvalue weighted by molar-refractivity contribution is 5.99. The van der Waals surface area contributed by atoms with Gasteiger partial charge in [0.2, 0.25) is 0 Å². The Morgan fingerprint density at radius 1 is 1.29 bits per heavy atom. The molecule has 1 aliphatic heterocycles. The van der Waals surface area contributed by atoms with Crippen molar-refractivity contribution in [3.8, 4) is 0 Å². The van der Waals surface area contributed by atoms with Crippen LogP contribution in [0.5, 0.6) is 0 Å². The van der Waals surface area contributed by atoms with Gasteiger partial charge in [-0.2, -0.15) is 13.2 Å². The fourth-order valence-electron chi connectivity index (χ4n) is 3.47. The van der Waals surface area contributed by atoms with Crippen molar-refractivity contribution in [1.29, 1.82) is 0 Å². The van der Waals surface area contributed by atoms with E-state index < -0.39 is 24.7 Å². The quantitative estimate of drug-likeness (QED) is 0.780. The third-order valence-corrected chi connectivity index (χ3v) is 4.81. The van der Waals surface area contributed by atoms with E-state index in [1.165, 1.54) is 4.90 Å². The first-order valence-corrected chi connectivity index (χ1v) is 9.22. The first-order valence-electron chi connectivity index (χ1n) is 9.22. The SMILES string of the molecule is CN(C)Cc1c(C(=O)NCC(N2CCNCC2)C(F)(F)F)oc2ccccc12. The Bertz CT molecular complexity index is 813. The van der Waals surface area contributed by atoms with E-state index in [1.54, 1.807) is 12.1 Å². The summed E-state index contributed by atoms with van der Waals surface area (Å²) in [5.41, 5.74) is 1.21. The van der Waals surface area contributed by atoms with Gasteiger partial charge in [0, 0.05) is 50.2 Å². The second-order valence-electron chi connectivity index (χ2n) is 7.20. The molecule has 0 saturated carbocycles. The lowest BCUT2D eigenvalue weighted by Crippen LogP contribution is -2.57. The van der Waals surface area contributed by atoms with Crippen LogP contribution in [0.3, 0.4) is 0 Å². The lowest BCUT2D eigenvalue weighted by Gasteiger charge is -2.35. The molecule has 2 aromatic rings. The molecule has 1 amide bonds. The maximum absolute atomic E-state index is 13.5. The molecule has 0 radical (unpaired) electrons. The fourth-order valence-corrected chi connectivity index (χ4v) is 3.47. The molecule has 2 heterocycles. The number of nitrogens with one attached hydrogen (secondary N) is 2. The Hall–Kier alpha value is -2.10. The lowest BCUT2D eigenvalue weighted by atomic mass is 10.1. The molecule has 1 aromatic heterocycles. The predicted molar refractivity (Wildman–Crippen MR) is 100 cm³/mol. The lowest BCUT2D eigenvalue weighted by molar-refractivity contribution is -0.183. The maximum atomic E-state index is 13.5. The normalized spacial score (nSPS) is 17.2. The van der Waals surface area contributed by atoms with Crippen molar-refractivity contribution in [2.24, 2.45) is 0 Å². The van der Waals surface area contributed by atoms with Crippen LogP contribution in [0.15, 0.2) is 28.7 Å². The monoisotopic (exact) mass is 398 g/mol. The van der Waals surface area contributed by atoms with Crippen LogP contribution >= 0.6 is 0 Å². The van der Waals surface area contributed by atoms with Crippen LogP contribution in [0.1, 0.15) is 16.1 Å². The summed E-state index contributed by atoms with van der Waals surface area (Å²) in [4.78, 5) is 15.9. The summed E-state index contributed by atoms with van der Waals surface area (Å²) in [7, 11) is 3.71. The van der Waals surface area contributed by atoms with Gasteiger partial charge < -0.3 is 20.0 Å². The molecule has 9 heteroatoms. The highest BCUT2D eigenvalue weighted by atomic mass is 19.4. The van der Waals surface area contributed by atoms with E-state index in [0.29, 0.717) is 30.8 Å². The van der Waals surface area contributed by atoms with Gasteiger partial charge in [-0.1, -0.05) is 18.2 Å². The number of rotatable bonds is 6. The Labute approximate surface area is 161 Å². The number of alkyl halides is 3. The third kappa shape index (κ3) is 4.65. The van der Waals surface area contributed by atoms with Crippen LogP contribution < -0.4 is 10.6 Å². The minimum Gasteiger partial charge on any atom is -0.451 e. The molecule has 1 aromatic carbocycles. The average Bonchev–Trinajstić information content (AvgIpc) is 3.00. The predicted octanol–water partition coefficient (Wildman–Crippen LogP) is 2.06. The number of carbonyl (C=O) groups is 1. The first-order chi connectivity index (χ1) is 13.3. The summed E-state index contributed by atoms with van der Waals surface area (Å²) in [5.74, 6) is -0.562. The zero-order valence-electron chi connectivity index (χ0n) is 16.0. The van der Waals surface area contributed by atoms with E-state index in [4.69, 9.17) is 4.42 Å². The number of nitrogens with zero attached hydrogens (tertiary/aromatic N) is 2. The summed E-state index contributed by atoms with van der Waals surface area (Å²) in [6.45, 7) is 1.50. The molecule has 6 nitrogen and oxygen atoms in total. The van der Waals surface area contributed by atoms with Gasteiger partial charge in [0.25, 0.3) is 5.91 Å². The molecule has 1 atom stereocenters.